The Labute approximate surface area is 75.7 Å². The summed E-state index contributed by atoms with van der Waals surface area (Å²) in [5.41, 5.74) is 0. The molecule has 12 heteroatoms. The van der Waals surface area contributed by atoms with Crippen LogP contribution in [0, 0.1) is 0 Å². The van der Waals surface area contributed by atoms with E-state index in [1.165, 1.54) is 0 Å². The van der Waals surface area contributed by atoms with E-state index in [9.17, 15) is 0 Å². The van der Waals surface area contributed by atoms with Crippen LogP contribution < -0.4 is 9.79 Å². The molecule has 0 aromatic heterocycles. The Bertz CT molecular complexity index is 136. The summed E-state index contributed by atoms with van der Waals surface area (Å²) in [7, 11) is -9.78. The van der Waals surface area contributed by atoms with Crippen LogP contribution in [-0.2, 0) is 30.2 Å². The first kappa shape index (κ1) is 18.4. The molecule has 73 valence electrons. The van der Waals surface area contributed by atoms with Crippen LogP contribution in [0.5, 0.6) is 0 Å². The quantitative estimate of drug-likeness (QED) is 0.326. The van der Waals surface area contributed by atoms with Crippen LogP contribution in [0.2, 0.25) is 0 Å². The molecule has 0 aliphatic carbocycles. The maximum absolute atomic E-state index is 8.77. The average Bonchev–Trinajstić information content (AvgIpc) is 1.59. The van der Waals surface area contributed by atoms with E-state index in [4.69, 9.17) is 42.2 Å². The summed E-state index contributed by atoms with van der Waals surface area (Å²) in [5, 5.41) is 0. The summed E-state index contributed by atoms with van der Waals surface area (Å²) in [4.78, 5) is 45.8. The van der Waals surface area contributed by atoms with Crippen LogP contribution in [-0.4, -0.2) is 19.6 Å². The van der Waals surface area contributed by atoms with Gasteiger partial charge in [-0.1, -0.05) is 0 Å². The molecule has 0 saturated carbocycles. The van der Waals surface area contributed by atoms with Gasteiger partial charge in [0, 0.05) is 0 Å². The zero-order chi connectivity index (χ0) is 11.0. The van der Waals surface area contributed by atoms with Crippen LogP contribution in [0.25, 0.3) is 0 Å². The summed E-state index contributed by atoms with van der Waals surface area (Å²) >= 11 is 1.06. The molecule has 0 radical (unpaired) electrons. The number of hydrogen-bond donors (Lipinski definition) is 4. The molecule has 0 saturated heterocycles. The van der Waals surface area contributed by atoms with Crippen molar-refractivity contribution in [1.29, 1.82) is 0 Å². The second kappa shape index (κ2) is 8.21. The molecule has 0 spiro atoms. The molecule has 0 aromatic carbocycles. The van der Waals surface area contributed by atoms with Gasteiger partial charge in [0.15, 0.2) is 0 Å². The van der Waals surface area contributed by atoms with Crippen LogP contribution >= 0.6 is 15.6 Å². The van der Waals surface area contributed by atoms with Crippen molar-refractivity contribution < 1.29 is 59.5 Å². The predicted molar refractivity (Wildman–Crippen MR) is 24.8 cm³/mol. The van der Waals surface area contributed by atoms with Gasteiger partial charge in [-0.3, -0.25) is 9.13 Å². The molecule has 4 N–H and O–H groups in total. The zero-order valence-electron chi connectivity index (χ0n) is 5.17. The third-order valence-corrected chi connectivity index (χ3v) is 0. The molecule has 0 rings (SSSR count). The van der Waals surface area contributed by atoms with Crippen LogP contribution in [0.3, 0.4) is 0 Å². The Morgan fingerprint density at radius 1 is 0.833 bits per heavy atom. The first-order valence-corrected chi connectivity index (χ1v) is 5.34. The van der Waals surface area contributed by atoms with Gasteiger partial charge in [-0.05, 0) is 0 Å². The van der Waals surface area contributed by atoms with Gasteiger partial charge < -0.3 is 29.4 Å². The normalized spacial score (nSPS) is 10.3. The summed E-state index contributed by atoms with van der Waals surface area (Å²) in [5.74, 6) is 0. The third kappa shape index (κ3) is 2680. The Morgan fingerprint density at radius 3 is 0.833 bits per heavy atom. The number of hydrogen-bond acceptors (Lipinski definition) is 5. The maximum atomic E-state index is 8.77. The molecule has 0 amide bonds. The molecular weight excluding hydrogens is 257 g/mol. The minimum absolute atomic E-state index is 1.06. The molecule has 0 atom stereocenters. The van der Waals surface area contributed by atoms with Gasteiger partial charge in [-0.15, -0.1) is 0 Å². The van der Waals surface area contributed by atoms with E-state index in [2.05, 4.69) is 0 Å². The van der Waals surface area contributed by atoms with Gasteiger partial charge in [0.25, 0.3) is 15.6 Å². The van der Waals surface area contributed by atoms with Crippen molar-refractivity contribution in [3.63, 3.8) is 0 Å². The van der Waals surface area contributed by atoms with E-state index in [-0.39, 0.29) is 0 Å². The molecular formula is H4O9P2V. The van der Waals surface area contributed by atoms with E-state index in [1.54, 1.807) is 0 Å². The Morgan fingerprint density at radius 2 is 0.833 bits per heavy atom. The molecule has 0 aliphatic heterocycles. The van der Waals surface area contributed by atoms with E-state index >= 15 is 0 Å². The molecule has 0 aliphatic rings. The summed E-state index contributed by atoms with van der Waals surface area (Å²) in [6.07, 6.45) is 0. The van der Waals surface area contributed by atoms with Gasteiger partial charge >= 0.3 is 21.0 Å². The van der Waals surface area contributed by atoms with E-state index in [0.29, 0.717) is 0 Å². The van der Waals surface area contributed by atoms with Gasteiger partial charge in [-0.2, -0.15) is 0 Å². The Kier molecular flexibility index (Phi) is 12.6. The SMILES string of the molecule is O=P([O-])(O)O.O=P([O-])(O)O.[O]=[V+2]. The van der Waals surface area contributed by atoms with Crippen molar-refractivity contribution in [2.45, 2.75) is 0 Å². The van der Waals surface area contributed by atoms with Crippen molar-refractivity contribution in [3.8, 4) is 0 Å². The topological polar surface area (TPSA) is 178 Å². The third-order valence-electron chi connectivity index (χ3n) is 0. The molecule has 9 nitrogen and oxygen atoms in total. The van der Waals surface area contributed by atoms with Crippen molar-refractivity contribution in [3.05, 3.63) is 0 Å². The standard InChI is InChI=1S/2H3O4P.O.V/c2*1-5(2,3)4;;/h2*(H3,1,2,3,4);;/q;;;+2/p-2. The Hall–Kier alpha value is 0.604. The number of rotatable bonds is 0. The second-order valence-electron chi connectivity index (χ2n) is 0.981. The van der Waals surface area contributed by atoms with Crippen LogP contribution in [0.4, 0.5) is 0 Å². The van der Waals surface area contributed by atoms with E-state index in [1.807, 2.05) is 0 Å². The summed E-state index contributed by atoms with van der Waals surface area (Å²) in [6.45, 7) is 0. The average molecular weight is 261 g/mol. The molecule has 0 heterocycles. The summed E-state index contributed by atoms with van der Waals surface area (Å²) < 4.78 is 25.7. The fourth-order valence-electron chi connectivity index (χ4n) is 0. The monoisotopic (exact) mass is 261 g/mol. The predicted octanol–water partition coefficient (Wildman–Crippen LogP) is -3.24. The first-order chi connectivity index (χ1) is 5.00. The van der Waals surface area contributed by atoms with Crippen molar-refractivity contribution >= 4 is 15.6 Å². The van der Waals surface area contributed by atoms with Gasteiger partial charge in [0.2, 0.25) is 0 Å². The first-order valence-electron chi connectivity index (χ1n) is 1.71. The number of phosphoric acid groups is 2. The fraction of sp³-hybridized carbons (Fsp3) is 0. The second-order valence-corrected chi connectivity index (χ2v) is 2.94. The molecule has 0 unspecified atom stereocenters. The molecule has 0 aromatic rings. The van der Waals surface area contributed by atoms with Gasteiger partial charge in [-0.25, -0.2) is 0 Å². The van der Waals surface area contributed by atoms with E-state index < -0.39 is 15.6 Å². The van der Waals surface area contributed by atoms with E-state index in [0.717, 1.165) is 17.4 Å². The van der Waals surface area contributed by atoms with Crippen molar-refractivity contribution in [1.82, 2.24) is 0 Å². The van der Waals surface area contributed by atoms with Crippen LogP contribution in [0.1, 0.15) is 0 Å². The fourth-order valence-corrected chi connectivity index (χ4v) is 0. The van der Waals surface area contributed by atoms with Gasteiger partial charge in [0.1, 0.15) is 0 Å². The molecule has 12 heavy (non-hydrogen) atoms. The van der Waals surface area contributed by atoms with Gasteiger partial charge in [0.05, 0.1) is 0 Å². The molecule has 0 fully saturated rings. The Balaban J connectivity index is -0.000000112. The minimum atomic E-state index is -4.89. The van der Waals surface area contributed by atoms with Crippen LogP contribution in [0.15, 0.2) is 0 Å². The zero-order valence-corrected chi connectivity index (χ0v) is 8.36. The molecule has 0 bridgehead atoms. The van der Waals surface area contributed by atoms with Crippen molar-refractivity contribution in [2.75, 3.05) is 0 Å². The van der Waals surface area contributed by atoms with Crippen molar-refractivity contribution in [2.24, 2.45) is 0 Å². The summed E-state index contributed by atoms with van der Waals surface area (Å²) in [6, 6.07) is 0.